The number of rotatable bonds is 5. The summed E-state index contributed by atoms with van der Waals surface area (Å²) in [5.74, 6) is 0.872. The molecule has 1 aliphatic heterocycles. The highest BCUT2D eigenvalue weighted by atomic mass is 16.5. The Hall–Kier alpha value is -3.26. The number of benzene rings is 1. The topological polar surface area (TPSA) is 115 Å². The Morgan fingerprint density at radius 3 is 3.07 bits per heavy atom. The first-order valence-electron chi connectivity index (χ1n) is 9.76. The lowest BCUT2D eigenvalue weighted by Crippen LogP contribution is -2.36. The second kappa shape index (κ2) is 8.40. The zero-order chi connectivity index (χ0) is 20.2. The van der Waals surface area contributed by atoms with Crippen molar-refractivity contribution in [2.24, 2.45) is 10.7 Å². The molecule has 1 aliphatic carbocycles. The summed E-state index contributed by atoms with van der Waals surface area (Å²) in [6, 6.07) is 5.91. The van der Waals surface area contributed by atoms with Crippen molar-refractivity contribution in [2.75, 3.05) is 19.0 Å². The zero-order valence-electron chi connectivity index (χ0n) is 16.3. The molecule has 0 bridgehead atoms. The molecule has 150 valence electrons. The highest BCUT2D eigenvalue weighted by Gasteiger charge is 2.20. The standard InChI is InChI=1S/C21H24N6O2/c1-23-16-6-2-3-7-17(16)26-21-24-12-15(19(22)28)20(27-21)25-14-8-9-18-13(11-14)5-4-10-29-18/h4-5,8-9,11-12,16,23H,2-3,6-7,10H2,1H3,(H2,22,28)(H,24,25,27). The lowest BCUT2D eigenvalue weighted by molar-refractivity contribution is 0.100. The fourth-order valence-corrected chi connectivity index (χ4v) is 3.61. The average Bonchev–Trinajstić information content (AvgIpc) is 2.74. The number of primary amides is 1. The van der Waals surface area contributed by atoms with Gasteiger partial charge in [0.05, 0.1) is 0 Å². The predicted octanol–water partition coefficient (Wildman–Crippen LogP) is 2.96. The number of nitrogens with one attached hydrogen (secondary N) is 2. The van der Waals surface area contributed by atoms with E-state index in [4.69, 9.17) is 10.5 Å². The largest absolute Gasteiger partial charge is 0.489 e. The van der Waals surface area contributed by atoms with Gasteiger partial charge in [0.25, 0.3) is 11.9 Å². The van der Waals surface area contributed by atoms with Crippen molar-refractivity contribution in [1.29, 1.82) is 0 Å². The highest BCUT2D eigenvalue weighted by molar-refractivity contribution is 5.98. The van der Waals surface area contributed by atoms with Crippen LogP contribution in [-0.4, -0.2) is 41.3 Å². The van der Waals surface area contributed by atoms with Gasteiger partial charge in [-0.15, -0.1) is 0 Å². The number of hydrogen-bond acceptors (Lipinski definition) is 7. The third-order valence-electron chi connectivity index (χ3n) is 5.12. The van der Waals surface area contributed by atoms with Crippen LogP contribution in [0.2, 0.25) is 0 Å². The first-order chi connectivity index (χ1) is 14.1. The van der Waals surface area contributed by atoms with Crippen molar-refractivity contribution in [3.63, 3.8) is 0 Å². The Morgan fingerprint density at radius 2 is 2.24 bits per heavy atom. The lowest BCUT2D eigenvalue weighted by atomic mass is 9.93. The molecule has 4 N–H and O–H groups in total. The van der Waals surface area contributed by atoms with Crippen molar-refractivity contribution in [2.45, 2.75) is 31.7 Å². The van der Waals surface area contributed by atoms with Gasteiger partial charge < -0.3 is 21.1 Å². The van der Waals surface area contributed by atoms with Crippen LogP contribution in [0, 0.1) is 0 Å². The molecule has 1 fully saturated rings. The molecule has 2 aliphatic rings. The number of aromatic nitrogens is 2. The third-order valence-corrected chi connectivity index (χ3v) is 5.12. The van der Waals surface area contributed by atoms with Gasteiger partial charge in [0.15, 0.2) is 0 Å². The molecule has 2 aromatic rings. The first-order valence-corrected chi connectivity index (χ1v) is 9.76. The minimum Gasteiger partial charge on any atom is -0.489 e. The number of nitrogens with zero attached hydrogens (tertiary/aromatic N) is 3. The van der Waals surface area contributed by atoms with Crippen molar-refractivity contribution < 1.29 is 9.53 Å². The third kappa shape index (κ3) is 4.27. The number of amides is 1. The number of anilines is 2. The number of hydrogen-bond donors (Lipinski definition) is 3. The van der Waals surface area contributed by atoms with E-state index in [1.807, 2.05) is 37.4 Å². The molecular formula is C21H24N6O2. The minimum atomic E-state index is -0.598. The van der Waals surface area contributed by atoms with Crippen LogP contribution in [0.25, 0.3) is 6.08 Å². The SMILES string of the molecule is CNC1CCCCC1=Nc1ncc(C(N)=O)c(Nc2ccc3c(c2)C=CCO3)n1. The van der Waals surface area contributed by atoms with Gasteiger partial charge in [0.1, 0.15) is 23.7 Å². The Kier molecular flexibility index (Phi) is 5.53. The van der Waals surface area contributed by atoms with E-state index in [0.29, 0.717) is 18.4 Å². The van der Waals surface area contributed by atoms with Crippen LogP contribution in [-0.2, 0) is 0 Å². The van der Waals surface area contributed by atoms with E-state index in [0.717, 1.165) is 42.0 Å². The highest BCUT2D eigenvalue weighted by Crippen LogP contribution is 2.29. The second-order valence-electron chi connectivity index (χ2n) is 7.08. The minimum absolute atomic E-state index is 0.215. The number of ether oxygens (including phenoxy) is 1. The van der Waals surface area contributed by atoms with Gasteiger partial charge >= 0.3 is 0 Å². The molecule has 1 unspecified atom stereocenters. The number of aliphatic imine (C=N–C) groups is 1. The van der Waals surface area contributed by atoms with Gasteiger partial charge in [0.2, 0.25) is 0 Å². The number of carbonyl (C=O) groups excluding carboxylic acids is 1. The molecule has 1 amide bonds. The molecule has 1 atom stereocenters. The van der Waals surface area contributed by atoms with Gasteiger partial charge in [-0.3, -0.25) is 4.79 Å². The maximum Gasteiger partial charge on any atom is 0.254 e. The van der Waals surface area contributed by atoms with E-state index < -0.39 is 5.91 Å². The fourth-order valence-electron chi connectivity index (χ4n) is 3.61. The predicted molar refractivity (Wildman–Crippen MR) is 113 cm³/mol. The van der Waals surface area contributed by atoms with E-state index in [2.05, 4.69) is 25.6 Å². The summed E-state index contributed by atoms with van der Waals surface area (Å²) < 4.78 is 5.58. The Morgan fingerprint density at radius 1 is 1.34 bits per heavy atom. The van der Waals surface area contributed by atoms with Crippen LogP contribution in [0.15, 0.2) is 35.5 Å². The number of nitrogens with two attached hydrogens (primary N) is 1. The molecule has 8 heteroatoms. The molecule has 1 aromatic heterocycles. The van der Waals surface area contributed by atoms with E-state index in [-0.39, 0.29) is 11.6 Å². The maximum atomic E-state index is 11.9. The Labute approximate surface area is 169 Å². The van der Waals surface area contributed by atoms with Gasteiger partial charge in [-0.2, -0.15) is 4.98 Å². The van der Waals surface area contributed by atoms with E-state index in [1.54, 1.807) is 0 Å². The molecule has 0 spiro atoms. The summed E-state index contributed by atoms with van der Waals surface area (Å²) in [5.41, 5.74) is 8.49. The second-order valence-corrected chi connectivity index (χ2v) is 7.08. The van der Waals surface area contributed by atoms with E-state index in [1.165, 1.54) is 12.6 Å². The van der Waals surface area contributed by atoms with Gasteiger partial charge in [-0.25, -0.2) is 9.98 Å². The summed E-state index contributed by atoms with van der Waals surface area (Å²) in [5, 5.41) is 6.47. The van der Waals surface area contributed by atoms with Crippen LogP contribution < -0.4 is 21.1 Å². The molecule has 1 aromatic carbocycles. The van der Waals surface area contributed by atoms with Gasteiger partial charge in [-0.05, 0) is 50.6 Å². The molecule has 0 radical (unpaired) electrons. The van der Waals surface area contributed by atoms with Crippen molar-refractivity contribution in [3.05, 3.63) is 41.6 Å². The quantitative estimate of drug-likeness (QED) is 0.721. The summed E-state index contributed by atoms with van der Waals surface area (Å²) in [4.78, 5) is 25.2. The van der Waals surface area contributed by atoms with Crippen molar-refractivity contribution >= 4 is 35.1 Å². The molecule has 2 heterocycles. The smallest absolute Gasteiger partial charge is 0.254 e. The van der Waals surface area contributed by atoms with E-state index in [9.17, 15) is 4.79 Å². The molecule has 8 nitrogen and oxygen atoms in total. The van der Waals surface area contributed by atoms with Gasteiger partial charge in [-0.1, -0.05) is 12.5 Å². The van der Waals surface area contributed by atoms with Crippen LogP contribution in [0.3, 0.4) is 0 Å². The van der Waals surface area contributed by atoms with Crippen LogP contribution >= 0.6 is 0 Å². The van der Waals surface area contributed by atoms with Crippen molar-refractivity contribution in [1.82, 2.24) is 15.3 Å². The fraction of sp³-hybridized carbons (Fsp3) is 0.333. The summed E-state index contributed by atoms with van der Waals surface area (Å²) >= 11 is 0. The monoisotopic (exact) mass is 392 g/mol. The van der Waals surface area contributed by atoms with Crippen molar-refractivity contribution in [3.8, 4) is 5.75 Å². The van der Waals surface area contributed by atoms with Crippen LogP contribution in [0.1, 0.15) is 41.6 Å². The van der Waals surface area contributed by atoms with Crippen LogP contribution in [0.5, 0.6) is 5.75 Å². The molecule has 4 rings (SSSR count). The van der Waals surface area contributed by atoms with Gasteiger partial charge in [0, 0.05) is 29.2 Å². The number of fused-ring (bicyclic) bond motifs is 1. The Balaban J connectivity index is 1.66. The number of carbonyl (C=O) groups is 1. The average molecular weight is 392 g/mol. The normalized spacial score (nSPS) is 19.5. The Bertz CT molecular complexity index is 985. The molecule has 1 saturated carbocycles. The lowest BCUT2D eigenvalue weighted by Gasteiger charge is -2.23. The molecule has 0 saturated heterocycles. The summed E-state index contributed by atoms with van der Waals surface area (Å²) in [6.07, 6.45) is 9.60. The zero-order valence-corrected chi connectivity index (χ0v) is 16.3. The molecule has 29 heavy (non-hydrogen) atoms. The van der Waals surface area contributed by atoms with Crippen LogP contribution in [0.4, 0.5) is 17.5 Å². The maximum absolute atomic E-state index is 11.9. The summed E-state index contributed by atoms with van der Waals surface area (Å²) in [7, 11) is 1.93. The first kappa shape index (κ1) is 19.1. The molecular weight excluding hydrogens is 368 g/mol. The van der Waals surface area contributed by atoms with E-state index >= 15 is 0 Å². The summed E-state index contributed by atoms with van der Waals surface area (Å²) in [6.45, 7) is 0.564.